The van der Waals surface area contributed by atoms with E-state index in [-0.39, 0.29) is 35.0 Å². The van der Waals surface area contributed by atoms with E-state index in [0.717, 1.165) is 16.8 Å². The van der Waals surface area contributed by atoms with Crippen molar-refractivity contribution in [1.29, 1.82) is 0 Å². The fourth-order valence-corrected chi connectivity index (χ4v) is 3.36. The maximum Gasteiger partial charge on any atom is 0.573 e. The van der Waals surface area contributed by atoms with Crippen LogP contribution in [-0.2, 0) is 11.3 Å². The van der Waals surface area contributed by atoms with E-state index in [0.29, 0.717) is 5.39 Å². The Labute approximate surface area is 195 Å². The summed E-state index contributed by atoms with van der Waals surface area (Å²) >= 11 is 0. The van der Waals surface area contributed by atoms with Crippen LogP contribution >= 0.6 is 0 Å². The van der Waals surface area contributed by atoms with Crippen LogP contribution in [0.15, 0.2) is 76.4 Å². The summed E-state index contributed by atoms with van der Waals surface area (Å²) in [5.41, 5.74) is -0.717. The summed E-state index contributed by atoms with van der Waals surface area (Å²) in [6.07, 6.45) is -3.39. The van der Waals surface area contributed by atoms with Crippen LogP contribution < -0.4 is 26.5 Å². The van der Waals surface area contributed by atoms with E-state index in [1.165, 1.54) is 36.0 Å². The highest BCUT2D eigenvalue weighted by Crippen LogP contribution is 2.25. The maximum atomic E-state index is 13.1. The molecule has 0 unspecified atom stereocenters. The number of fused-ring (bicyclic) bond motifs is 1. The molecule has 12 heteroatoms. The number of anilines is 2. The number of hydrogen-bond donors (Lipinski definition) is 2. The van der Waals surface area contributed by atoms with Gasteiger partial charge in [0.2, 0.25) is 5.91 Å². The highest BCUT2D eigenvalue weighted by molar-refractivity contribution is 5.92. The molecule has 2 aromatic heterocycles. The van der Waals surface area contributed by atoms with Gasteiger partial charge < -0.3 is 19.9 Å². The second-order valence-electron chi connectivity index (χ2n) is 7.31. The van der Waals surface area contributed by atoms with Crippen LogP contribution in [0.1, 0.15) is 0 Å². The predicted molar refractivity (Wildman–Crippen MR) is 122 cm³/mol. The first-order chi connectivity index (χ1) is 16.7. The Morgan fingerprint density at radius 1 is 0.971 bits per heavy atom. The number of likely N-dealkylation sites (N-methyl/N-ethyl adjacent to an activating group) is 1. The lowest BCUT2D eigenvalue weighted by atomic mass is 10.2. The molecule has 35 heavy (non-hydrogen) atoms. The minimum Gasteiger partial charge on any atom is -0.406 e. The molecule has 2 aromatic carbocycles. The molecule has 2 N–H and O–H groups in total. The second kappa shape index (κ2) is 9.33. The Morgan fingerprint density at radius 2 is 1.66 bits per heavy atom. The normalized spacial score (nSPS) is 11.3. The van der Waals surface area contributed by atoms with Crippen LogP contribution in [-0.4, -0.2) is 33.7 Å². The summed E-state index contributed by atoms with van der Waals surface area (Å²) in [6.45, 7) is -0.190. The highest BCUT2D eigenvalue weighted by atomic mass is 19.4. The minimum absolute atomic E-state index is 0.105. The third-order valence-electron chi connectivity index (χ3n) is 4.99. The molecule has 0 saturated carbocycles. The van der Waals surface area contributed by atoms with Crippen molar-refractivity contribution in [3.05, 3.63) is 87.6 Å². The molecule has 0 aliphatic heterocycles. The zero-order valence-corrected chi connectivity index (χ0v) is 18.2. The molecule has 9 nitrogen and oxygen atoms in total. The van der Waals surface area contributed by atoms with Gasteiger partial charge in [0.1, 0.15) is 18.0 Å². The van der Waals surface area contributed by atoms with Crippen molar-refractivity contribution in [3.63, 3.8) is 0 Å². The highest BCUT2D eigenvalue weighted by Gasteiger charge is 2.31. The number of rotatable bonds is 6. The number of benzene rings is 2. The third kappa shape index (κ3) is 5.16. The Morgan fingerprint density at radius 3 is 2.31 bits per heavy atom. The zero-order valence-electron chi connectivity index (χ0n) is 18.2. The average Bonchev–Trinajstić information content (AvgIpc) is 2.83. The van der Waals surface area contributed by atoms with Crippen LogP contribution in [0, 0.1) is 0 Å². The van der Waals surface area contributed by atoms with E-state index in [2.05, 4.69) is 20.5 Å². The molecule has 0 bridgehead atoms. The molecule has 0 saturated heterocycles. The van der Waals surface area contributed by atoms with Crippen molar-refractivity contribution >= 4 is 28.2 Å². The quantitative estimate of drug-likeness (QED) is 0.435. The third-order valence-corrected chi connectivity index (χ3v) is 4.99. The molecular weight excluding hydrogens is 467 g/mol. The smallest absolute Gasteiger partial charge is 0.406 e. The summed E-state index contributed by atoms with van der Waals surface area (Å²) in [5.74, 6) is -0.653. The molecule has 0 spiro atoms. The SMILES string of the molecule is CNC(=O)Cn1cccc(Nc2nn(-c3ccc(OC(F)(F)F)cc3)c(=O)c3ccccc23)c1=O. The summed E-state index contributed by atoms with van der Waals surface area (Å²) in [4.78, 5) is 37.6. The van der Waals surface area contributed by atoms with Gasteiger partial charge in [-0.2, -0.15) is 4.68 Å². The lowest BCUT2D eigenvalue weighted by Crippen LogP contribution is -2.30. The van der Waals surface area contributed by atoms with E-state index < -0.39 is 23.2 Å². The monoisotopic (exact) mass is 485 g/mol. The summed E-state index contributed by atoms with van der Waals surface area (Å²) < 4.78 is 43.5. The number of nitrogens with zero attached hydrogens (tertiary/aromatic N) is 3. The van der Waals surface area contributed by atoms with Crippen molar-refractivity contribution in [3.8, 4) is 11.4 Å². The summed E-state index contributed by atoms with van der Waals surface area (Å²) in [6, 6.07) is 14.3. The molecule has 0 aliphatic carbocycles. The number of pyridine rings is 1. The molecule has 1 amide bonds. The van der Waals surface area contributed by atoms with Gasteiger partial charge in [0.15, 0.2) is 5.82 Å². The average molecular weight is 485 g/mol. The Bertz CT molecular complexity index is 1510. The van der Waals surface area contributed by atoms with Gasteiger partial charge in [-0.15, -0.1) is 18.3 Å². The Hall–Kier alpha value is -4.61. The predicted octanol–water partition coefficient (Wildman–Crippen LogP) is 2.94. The van der Waals surface area contributed by atoms with Gasteiger partial charge in [-0.3, -0.25) is 14.4 Å². The number of nitrogens with one attached hydrogen (secondary N) is 2. The standard InChI is InChI=1S/C23H18F3N5O4/c1-27-19(32)13-30-12-4-7-18(22(30)34)28-20-16-5-2-3-6-17(16)21(33)31(29-20)14-8-10-15(11-9-14)35-23(24,25)26/h2-12H,13H2,1H3,(H,27,32)(H,28,29). The van der Waals surface area contributed by atoms with Gasteiger partial charge in [-0.05, 0) is 42.5 Å². The summed E-state index contributed by atoms with van der Waals surface area (Å²) in [7, 11) is 1.45. The molecule has 180 valence electrons. The number of hydrogen-bond acceptors (Lipinski definition) is 6. The van der Waals surface area contributed by atoms with Gasteiger partial charge in [-0.25, -0.2) is 0 Å². The second-order valence-corrected chi connectivity index (χ2v) is 7.31. The first-order valence-electron chi connectivity index (χ1n) is 10.2. The lowest BCUT2D eigenvalue weighted by Gasteiger charge is -2.14. The molecule has 0 atom stereocenters. The Kier molecular flexibility index (Phi) is 6.28. The molecule has 4 rings (SSSR count). The van der Waals surface area contributed by atoms with Crippen LogP contribution in [0.5, 0.6) is 5.75 Å². The van der Waals surface area contributed by atoms with Crippen molar-refractivity contribution in [1.82, 2.24) is 19.7 Å². The largest absolute Gasteiger partial charge is 0.573 e. The number of alkyl halides is 3. The van der Waals surface area contributed by atoms with Gasteiger partial charge in [0.25, 0.3) is 11.1 Å². The maximum absolute atomic E-state index is 13.1. The van der Waals surface area contributed by atoms with E-state index in [1.54, 1.807) is 30.3 Å². The van der Waals surface area contributed by atoms with Crippen molar-refractivity contribution in [2.45, 2.75) is 12.9 Å². The molecule has 0 radical (unpaired) electrons. The molecule has 0 aliphatic rings. The summed E-state index contributed by atoms with van der Waals surface area (Å²) in [5, 5.41) is 10.4. The van der Waals surface area contributed by atoms with E-state index in [4.69, 9.17) is 0 Å². The minimum atomic E-state index is -4.85. The lowest BCUT2D eigenvalue weighted by molar-refractivity contribution is -0.274. The van der Waals surface area contributed by atoms with E-state index >= 15 is 0 Å². The van der Waals surface area contributed by atoms with Gasteiger partial charge >= 0.3 is 6.36 Å². The number of ether oxygens (including phenoxy) is 1. The topological polar surface area (TPSA) is 107 Å². The molecule has 0 fully saturated rings. The molecule has 2 heterocycles. The van der Waals surface area contributed by atoms with E-state index in [9.17, 15) is 27.6 Å². The van der Waals surface area contributed by atoms with Crippen molar-refractivity contribution in [2.24, 2.45) is 0 Å². The number of amides is 1. The Balaban J connectivity index is 1.78. The van der Waals surface area contributed by atoms with E-state index in [1.807, 2.05) is 0 Å². The van der Waals surface area contributed by atoms with Crippen LogP contribution in [0.3, 0.4) is 0 Å². The van der Waals surface area contributed by atoms with Crippen LogP contribution in [0.2, 0.25) is 0 Å². The van der Waals surface area contributed by atoms with Crippen molar-refractivity contribution in [2.75, 3.05) is 12.4 Å². The number of carbonyl (C=O) groups excluding carboxylic acids is 1. The number of carbonyl (C=O) groups is 1. The van der Waals surface area contributed by atoms with Gasteiger partial charge in [-0.1, -0.05) is 18.2 Å². The zero-order chi connectivity index (χ0) is 25.2. The van der Waals surface area contributed by atoms with Gasteiger partial charge in [0, 0.05) is 18.6 Å². The number of aromatic nitrogens is 3. The number of halogens is 3. The fraction of sp³-hybridized carbons (Fsp3) is 0.130. The van der Waals surface area contributed by atoms with Crippen LogP contribution in [0.4, 0.5) is 24.7 Å². The molecular formula is C23H18F3N5O4. The first kappa shape index (κ1) is 23.5. The fourth-order valence-electron chi connectivity index (χ4n) is 3.36. The van der Waals surface area contributed by atoms with Gasteiger partial charge in [0.05, 0.1) is 11.1 Å². The van der Waals surface area contributed by atoms with Crippen LogP contribution in [0.25, 0.3) is 16.5 Å². The first-order valence-corrected chi connectivity index (χ1v) is 10.2. The van der Waals surface area contributed by atoms with Crippen molar-refractivity contribution < 1.29 is 22.7 Å². The molecule has 4 aromatic rings.